The van der Waals surface area contributed by atoms with Crippen molar-refractivity contribution in [3.05, 3.63) is 0 Å². The lowest BCUT2D eigenvalue weighted by atomic mass is 9.80. The van der Waals surface area contributed by atoms with Gasteiger partial charge in [-0.2, -0.15) is 0 Å². The average molecular weight is 289 g/mol. The Morgan fingerprint density at radius 2 is 1.68 bits per heavy atom. The van der Waals surface area contributed by atoms with Crippen LogP contribution in [0.1, 0.15) is 54.4 Å². The number of hydrogen-bond donors (Lipinski definition) is 1. The first-order chi connectivity index (χ1) is 8.40. The van der Waals surface area contributed by atoms with Gasteiger partial charge in [0.15, 0.2) is 8.32 Å². The van der Waals surface area contributed by atoms with Crippen LogP contribution < -0.4 is 0 Å². The van der Waals surface area contributed by atoms with Crippen molar-refractivity contribution in [1.29, 1.82) is 0 Å². The average Bonchev–Trinajstić information content (AvgIpc) is 2.25. The third-order valence-electron chi connectivity index (χ3n) is 4.48. The molecule has 0 aromatic heterocycles. The maximum absolute atomic E-state index is 12.1. The molecule has 0 bridgehead atoms. The maximum atomic E-state index is 12.1. The molecule has 0 fully saturated rings. The van der Waals surface area contributed by atoms with Crippen LogP contribution in [0.5, 0.6) is 0 Å². The van der Waals surface area contributed by atoms with Gasteiger partial charge in [-0.15, -0.1) is 0 Å². The van der Waals surface area contributed by atoms with Crippen molar-refractivity contribution >= 4 is 14.1 Å². The van der Waals surface area contributed by atoms with Gasteiger partial charge in [0.2, 0.25) is 0 Å². The SMILES string of the molecule is CCC(=O)C(C)(C)C(CCO)O[Si](C)(C)C(C)(C)C. The van der Waals surface area contributed by atoms with E-state index in [1.165, 1.54) is 0 Å². The van der Waals surface area contributed by atoms with Crippen molar-refractivity contribution in [3.63, 3.8) is 0 Å². The molecular weight excluding hydrogens is 256 g/mol. The second-order valence-electron chi connectivity index (χ2n) is 7.38. The van der Waals surface area contributed by atoms with E-state index < -0.39 is 13.7 Å². The Kier molecular flexibility index (Phi) is 6.44. The summed E-state index contributed by atoms with van der Waals surface area (Å²) >= 11 is 0. The summed E-state index contributed by atoms with van der Waals surface area (Å²) in [6.45, 7) is 16.7. The van der Waals surface area contributed by atoms with Gasteiger partial charge >= 0.3 is 0 Å². The third kappa shape index (κ3) is 4.69. The molecule has 114 valence electrons. The van der Waals surface area contributed by atoms with Gasteiger partial charge in [0.05, 0.1) is 6.10 Å². The lowest BCUT2D eigenvalue weighted by molar-refractivity contribution is -0.132. The van der Waals surface area contributed by atoms with Gasteiger partial charge in [-0.05, 0) is 24.6 Å². The van der Waals surface area contributed by atoms with E-state index in [-0.39, 0.29) is 23.5 Å². The minimum atomic E-state index is -1.94. The number of Topliss-reactive ketones (excluding diaryl/α,β-unsaturated/α-hetero) is 1. The summed E-state index contributed by atoms with van der Waals surface area (Å²) in [5.74, 6) is 0.199. The maximum Gasteiger partial charge on any atom is 0.192 e. The zero-order chi connectivity index (χ0) is 15.5. The molecule has 0 spiro atoms. The highest BCUT2D eigenvalue weighted by molar-refractivity contribution is 6.74. The first kappa shape index (κ1) is 18.8. The molecule has 1 atom stereocenters. The summed E-state index contributed by atoms with van der Waals surface area (Å²) in [6.07, 6.45) is 0.826. The largest absolute Gasteiger partial charge is 0.413 e. The Morgan fingerprint density at radius 1 is 1.21 bits per heavy atom. The van der Waals surface area contributed by atoms with E-state index in [0.717, 1.165) is 0 Å². The fraction of sp³-hybridized carbons (Fsp3) is 0.933. The highest BCUT2D eigenvalue weighted by atomic mass is 28.4. The molecule has 1 N–H and O–H groups in total. The third-order valence-corrected chi connectivity index (χ3v) is 8.97. The molecule has 0 rings (SSSR count). The topological polar surface area (TPSA) is 46.5 Å². The van der Waals surface area contributed by atoms with Crippen molar-refractivity contribution < 1.29 is 14.3 Å². The zero-order valence-corrected chi connectivity index (χ0v) is 15.0. The first-order valence-electron chi connectivity index (χ1n) is 7.22. The molecule has 0 amide bonds. The van der Waals surface area contributed by atoms with Gasteiger partial charge in [-0.25, -0.2) is 0 Å². The standard InChI is InChI=1S/C15H32O3Si/c1-9-12(17)15(5,6)13(10-11-16)18-19(7,8)14(2,3)4/h13,16H,9-11H2,1-8H3. The van der Waals surface area contributed by atoms with E-state index in [9.17, 15) is 9.90 Å². The quantitative estimate of drug-likeness (QED) is 0.725. The second-order valence-corrected chi connectivity index (χ2v) is 12.1. The lowest BCUT2D eigenvalue weighted by Gasteiger charge is -2.43. The van der Waals surface area contributed by atoms with Crippen LogP contribution in [0.15, 0.2) is 0 Å². The zero-order valence-electron chi connectivity index (χ0n) is 14.0. The Balaban J connectivity index is 5.20. The molecule has 0 saturated heterocycles. The number of aliphatic hydroxyl groups is 1. The number of hydrogen-bond acceptors (Lipinski definition) is 3. The molecule has 0 radical (unpaired) electrons. The predicted molar refractivity (Wildman–Crippen MR) is 82.9 cm³/mol. The van der Waals surface area contributed by atoms with Gasteiger partial charge in [0.1, 0.15) is 5.78 Å². The van der Waals surface area contributed by atoms with Gasteiger partial charge in [-0.3, -0.25) is 4.79 Å². The summed E-state index contributed by atoms with van der Waals surface area (Å²) < 4.78 is 6.39. The van der Waals surface area contributed by atoms with Crippen molar-refractivity contribution in [2.75, 3.05) is 6.61 Å². The van der Waals surface area contributed by atoms with E-state index >= 15 is 0 Å². The molecule has 0 aromatic rings. The van der Waals surface area contributed by atoms with Gasteiger partial charge in [-0.1, -0.05) is 41.5 Å². The second kappa shape index (κ2) is 6.51. The molecule has 0 aliphatic rings. The molecule has 0 aliphatic carbocycles. The number of carbonyl (C=O) groups excluding carboxylic acids is 1. The number of aliphatic hydroxyl groups excluding tert-OH is 1. The van der Waals surface area contributed by atoms with Crippen LogP contribution >= 0.6 is 0 Å². The van der Waals surface area contributed by atoms with E-state index in [2.05, 4.69) is 33.9 Å². The van der Waals surface area contributed by atoms with Gasteiger partial charge in [0, 0.05) is 18.4 Å². The first-order valence-corrected chi connectivity index (χ1v) is 10.1. The molecular formula is C15H32O3Si. The Labute approximate surface area is 119 Å². The molecule has 1 unspecified atom stereocenters. The fourth-order valence-corrected chi connectivity index (χ4v) is 3.33. The highest BCUT2D eigenvalue weighted by Crippen LogP contribution is 2.40. The Bertz CT molecular complexity index is 303. The highest BCUT2D eigenvalue weighted by Gasteiger charge is 2.44. The van der Waals surface area contributed by atoms with E-state index in [4.69, 9.17) is 4.43 Å². The summed E-state index contributed by atoms with van der Waals surface area (Å²) in [5, 5.41) is 9.38. The molecule has 19 heavy (non-hydrogen) atoms. The molecule has 0 aliphatic heterocycles. The van der Waals surface area contributed by atoms with Crippen LogP contribution in [0, 0.1) is 5.41 Å². The monoisotopic (exact) mass is 288 g/mol. The minimum Gasteiger partial charge on any atom is -0.413 e. The predicted octanol–water partition coefficient (Wildman–Crippen LogP) is 3.76. The van der Waals surface area contributed by atoms with Crippen molar-refractivity contribution in [2.24, 2.45) is 5.41 Å². The van der Waals surface area contributed by atoms with Crippen molar-refractivity contribution in [2.45, 2.75) is 78.6 Å². The van der Waals surface area contributed by atoms with Crippen LogP contribution in [-0.4, -0.2) is 31.9 Å². The Hall–Kier alpha value is -0.193. The molecule has 0 saturated carbocycles. The number of ketones is 1. The summed E-state index contributed by atoms with van der Waals surface area (Å²) in [5.41, 5.74) is -0.535. The number of rotatable bonds is 7. The smallest absolute Gasteiger partial charge is 0.192 e. The normalized spacial score (nSPS) is 15.4. The van der Waals surface area contributed by atoms with Crippen molar-refractivity contribution in [3.8, 4) is 0 Å². The lowest BCUT2D eigenvalue weighted by Crippen LogP contribution is -2.50. The molecule has 3 nitrogen and oxygen atoms in total. The van der Waals surface area contributed by atoms with Crippen LogP contribution in [0.25, 0.3) is 0 Å². The van der Waals surface area contributed by atoms with E-state index in [0.29, 0.717) is 12.8 Å². The van der Waals surface area contributed by atoms with Crippen LogP contribution in [0.3, 0.4) is 0 Å². The van der Waals surface area contributed by atoms with Crippen molar-refractivity contribution in [1.82, 2.24) is 0 Å². The van der Waals surface area contributed by atoms with E-state index in [1.807, 2.05) is 20.8 Å². The van der Waals surface area contributed by atoms with E-state index in [1.54, 1.807) is 0 Å². The Morgan fingerprint density at radius 3 is 2.00 bits per heavy atom. The summed E-state index contributed by atoms with van der Waals surface area (Å²) in [7, 11) is -1.94. The molecule has 4 heteroatoms. The van der Waals surface area contributed by atoms with Gasteiger partial charge < -0.3 is 9.53 Å². The van der Waals surface area contributed by atoms with Crippen LogP contribution in [0.2, 0.25) is 18.1 Å². The number of carbonyl (C=O) groups is 1. The van der Waals surface area contributed by atoms with Crippen LogP contribution in [0.4, 0.5) is 0 Å². The molecule has 0 heterocycles. The van der Waals surface area contributed by atoms with Gasteiger partial charge in [0.25, 0.3) is 0 Å². The summed E-state index contributed by atoms with van der Waals surface area (Å²) in [4.78, 5) is 12.1. The minimum absolute atomic E-state index is 0.0553. The van der Waals surface area contributed by atoms with Crippen LogP contribution in [-0.2, 0) is 9.22 Å². The summed E-state index contributed by atoms with van der Waals surface area (Å²) in [6, 6.07) is 0. The fourth-order valence-electron chi connectivity index (χ4n) is 1.85. The molecule has 0 aromatic carbocycles.